The van der Waals surface area contributed by atoms with Gasteiger partial charge in [0.05, 0.1) is 12.2 Å². The minimum Gasteiger partial charge on any atom is -0.382 e. The van der Waals surface area contributed by atoms with Crippen LogP contribution in [0.3, 0.4) is 0 Å². The molecule has 2 heterocycles. The van der Waals surface area contributed by atoms with E-state index in [1.807, 2.05) is 19.1 Å². The minimum atomic E-state index is -0.181. The van der Waals surface area contributed by atoms with Crippen molar-refractivity contribution in [1.82, 2.24) is 14.8 Å². The molecule has 16 heavy (non-hydrogen) atoms. The van der Waals surface area contributed by atoms with E-state index in [1.54, 1.807) is 6.20 Å². The number of nitrogen functional groups attached to an aromatic ring is 1. The summed E-state index contributed by atoms with van der Waals surface area (Å²) in [6.07, 6.45) is 1.69. The van der Waals surface area contributed by atoms with Crippen LogP contribution in [0, 0.1) is 6.92 Å². The zero-order valence-corrected chi connectivity index (χ0v) is 8.92. The number of anilines is 1. The average molecular weight is 216 g/mol. The van der Waals surface area contributed by atoms with Crippen molar-refractivity contribution in [3.05, 3.63) is 52.1 Å². The Balaban J connectivity index is 2.38. The van der Waals surface area contributed by atoms with Gasteiger partial charge in [-0.1, -0.05) is 6.07 Å². The maximum Gasteiger partial charge on any atom is 0.267 e. The molecule has 2 aromatic heterocycles. The van der Waals surface area contributed by atoms with Crippen LogP contribution in [0.25, 0.3) is 0 Å². The molecule has 0 unspecified atom stereocenters. The van der Waals surface area contributed by atoms with Crippen LogP contribution in [0.15, 0.2) is 35.3 Å². The van der Waals surface area contributed by atoms with Gasteiger partial charge in [-0.15, -0.1) is 0 Å². The highest BCUT2D eigenvalue weighted by Crippen LogP contribution is 2.04. The number of hydrogen-bond donors (Lipinski definition) is 1. The predicted molar refractivity (Wildman–Crippen MR) is 61.0 cm³/mol. The van der Waals surface area contributed by atoms with E-state index in [0.29, 0.717) is 12.4 Å². The first-order chi connectivity index (χ1) is 7.66. The number of pyridine rings is 1. The van der Waals surface area contributed by atoms with Crippen LogP contribution in [0.4, 0.5) is 5.82 Å². The van der Waals surface area contributed by atoms with Gasteiger partial charge in [-0.25, -0.2) is 4.68 Å². The van der Waals surface area contributed by atoms with Gasteiger partial charge in [-0.2, -0.15) is 5.10 Å². The molecule has 2 aromatic rings. The molecular formula is C11H12N4O. The van der Waals surface area contributed by atoms with E-state index in [0.717, 1.165) is 11.3 Å². The summed E-state index contributed by atoms with van der Waals surface area (Å²) in [5, 5.41) is 3.95. The first-order valence-corrected chi connectivity index (χ1v) is 4.91. The van der Waals surface area contributed by atoms with Crippen LogP contribution < -0.4 is 11.3 Å². The van der Waals surface area contributed by atoms with Crippen molar-refractivity contribution in [1.29, 1.82) is 0 Å². The quantitative estimate of drug-likeness (QED) is 0.796. The van der Waals surface area contributed by atoms with Crippen molar-refractivity contribution in [3.8, 4) is 0 Å². The molecule has 0 aliphatic heterocycles. The average Bonchev–Trinajstić information content (AvgIpc) is 2.27. The third-order valence-corrected chi connectivity index (χ3v) is 2.30. The summed E-state index contributed by atoms with van der Waals surface area (Å²) < 4.78 is 1.31. The lowest BCUT2D eigenvalue weighted by atomic mass is 10.2. The molecule has 0 spiro atoms. The Bertz CT molecular complexity index is 562. The number of nitrogens with zero attached hydrogens (tertiary/aromatic N) is 3. The van der Waals surface area contributed by atoms with E-state index in [1.165, 1.54) is 16.8 Å². The molecule has 0 aliphatic carbocycles. The largest absolute Gasteiger partial charge is 0.382 e. The molecule has 82 valence electrons. The van der Waals surface area contributed by atoms with Crippen molar-refractivity contribution in [3.63, 3.8) is 0 Å². The molecule has 0 fully saturated rings. The van der Waals surface area contributed by atoms with Gasteiger partial charge in [-0.05, 0) is 24.6 Å². The van der Waals surface area contributed by atoms with Crippen LogP contribution in [0.1, 0.15) is 11.3 Å². The van der Waals surface area contributed by atoms with Crippen molar-refractivity contribution >= 4 is 5.82 Å². The van der Waals surface area contributed by atoms with E-state index in [-0.39, 0.29) is 5.56 Å². The Hall–Kier alpha value is -2.17. The van der Waals surface area contributed by atoms with Gasteiger partial charge >= 0.3 is 0 Å². The molecule has 0 saturated heterocycles. The van der Waals surface area contributed by atoms with Crippen LogP contribution >= 0.6 is 0 Å². The van der Waals surface area contributed by atoms with Crippen molar-refractivity contribution in [2.24, 2.45) is 0 Å². The Morgan fingerprint density at radius 1 is 1.38 bits per heavy atom. The highest BCUT2D eigenvalue weighted by atomic mass is 16.1. The Labute approximate surface area is 92.6 Å². The maximum absolute atomic E-state index is 11.5. The third-order valence-electron chi connectivity index (χ3n) is 2.30. The molecule has 0 amide bonds. The highest BCUT2D eigenvalue weighted by Gasteiger charge is 2.03. The zero-order valence-electron chi connectivity index (χ0n) is 8.92. The van der Waals surface area contributed by atoms with Gasteiger partial charge in [0.2, 0.25) is 0 Å². The second kappa shape index (κ2) is 4.14. The summed E-state index contributed by atoms with van der Waals surface area (Å²) >= 11 is 0. The number of aryl methyl sites for hydroxylation is 1. The van der Waals surface area contributed by atoms with Crippen molar-refractivity contribution in [2.75, 3.05) is 5.73 Å². The smallest absolute Gasteiger partial charge is 0.267 e. The monoisotopic (exact) mass is 216 g/mol. The lowest BCUT2D eigenvalue weighted by molar-refractivity contribution is 0.630. The summed E-state index contributed by atoms with van der Waals surface area (Å²) in [7, 11) is 0. The second-order valence-corrected chi connectivity index (χ2v) is 3.52. The first-order valence-electron chi connectivity index (χ1n) is 4.91. The topological polar surface area (TPSA) is 73.8 Å². The summed E-state index contributed by atoms with van der Waals surface area (Å²) in [6, 6.07) is 6.69. The Kier molecular flexibility index (Phi) is 2.68. The molecule has 0 atom stereocenters. The summed E-state index contributed by atoms with van der Waals surface area (Å²) in [5.41, 5.74) is 7.20. The molecule has 0 aliphatic rings. The van der Waals surface area contributed by atoms with E-state index in [9.17, 15) is 4.79 Å². The molecule has 0 aromatic carbocycles. The fraction of sp³-hybridized carbons (Fsp3) is 0.182. The van der Waals surface area contributed by atoms with Gasteiger partial charge in [-0.3, -0.25) is 9.78 Å². The van der Waals surface area contributed by atoms with Crippen LogP contribution in [-0.4, -0.2) is 14.8 Å². The van der Waals surface area contributed by atoms with Gasteiger partial charge < -0.3 is 5.73 Å². The van der Waals surface area contributed by atoms with E-state index in [2.05, 4.69) is 10.1 Å². The maximum atomic E-state index is 11.5. The van der Waals surface area contributed by atoms with Gasteiger partial charge in [0.1, 0.15) is 5.82 Å². The lowest BCUT2D eigenvalue weighted by Crippen LogP contribution is -2.24. The zero-order chi connectivity index (χ0) is 11.5. The van der Waals surface area contributed by atoms with Crippen LogP contribution in [0.5, 0.6) is 0 Å². The van der Waals surface area contributed by atoms with Crippen molar-refractivity contribution < 1.29 is 0 Å². The first kappa shape index (κ1) is 10.4. The standard InChI is InChI=1S/C11H12N4O/c1-8-3-2-6-13-9(8)7-15-11(16)5-4-10(12)14-15/h2-6H,7H2,1H3,(H2,12,14). The molecule has 5 nitrogen and oxygen atoms in total. The normalized spacial score (nSPS) is 10.3. The Morgan fingerprint density at radius 2 is 2.19 bits per heavy atom. The van der Waals surface area contributed by atoms with E-state index in [4.69, 9.17) is 5.73 Å². The summed E-state index contributed by atoms with van der Waals surface area (Å²) in [6.45, 7) is 2.29. The number of aromatic nitrogens is 3. The van der Waals surface area contributed by atoms with Gasteiger partial charge in [0.15, 0.2) is 0 Å². The third kappa shape index (κ3) is 2.08. The molecule has 2 rings (SSSR count). The summed E-state index contributed by atoms with van der Waals surface area (Å²) in [4.78, 5) is 15.7. The molecule has 0 radical (unpaired) electrons. The molecular weight excluding hydrogens is 204 g/mol. The molecule has 0 saturated carbocycles. The second-order valence-electron chi connectivity index (χ2n) is 3.52. The van der Waals surface area contributed by atoms with Crippen LogP contribution in [0.2, 0.25) is 0 Å². The molecule has 5 heteroatoms. The fourth-order valence-electron chi connectivity index (χ4n) is 1.40. The molecule has 2 N–H and O–H groups in total. The van der Waals surface area contributed by atoms with Crippen LogP contribution in [-0.2, 0) is 6.54 Å². The lowest BCUT2D eigenvalue weighted by Gasteiger charge is -2.06. The van der Waals surface area contributed by atoms with Gasteiger partial charge in [0, 0.05) is 12.3 Å². The van der Waals surface area contributed by atoms with E-state index < -0.39 is 0 Å². The minimum absolute atomic E-state index is 0.181. The fourth-order valence-corrected chi connectivity index (χ4v) is 1.40. The number of hydrogen-bond acceptors (Lipinski definition) is 4. The highest BCUT2D eigenvalue weighted by molar-refractivity contribution is 5.24. The Morgan fingerprint density at radius 3 is 2.94 bits per heavy atom. The predicted octanol–water partition coefficient (Wildman–Crippen LogP) is 0.577. The van der Waals surface area contributed by atoms with E-state index >= 15 is 0 Å². The summed E-state index contributed by atoms with van der Waals surface area (Å²) in [5.74, 6) is 0.327. The van der Waals surface area contributed by atoms with Crippen molar-refractivity contribution in [2.45, 2.75) is 13.5 Å². The number of rotatable bonds is 2. The SMILES string of the molecule is Cc1cccnc1Cn1nc(N)ccc1=O. The molecule has 0 bridgehead atoms. The number of nitrogens with two attached hydrogens (primary N) is 1. The van der Waals surface area contributed by atoms with Gasteiger partial charge in [0.25, 0.3) is 5.56 Å².